The van der Waals surface area contributed by atoms with E-state index in [-0.39, 0.29) is 23.1 Å². The summed E-state index contributed by atoms with van der Waals surface area (Å²) in [5, 5.41) is 11.2. The molecule has 0 atom stereocenters. The number of carbonyl (C=O) groups excluding carboxylic acids is 2. The van der Waals surface area contributed by atoms with E-state index in [1.165, 1.54) is 6.08 Å². The second-order valence-electron chi connectivity index (χ2n) is 6.28. The highest BCUT2D eigenvalue weighted by molar-refractivity contribution is 7.90. The molecular weight excluding hydrogens is 456 g/mol. The number of nitrogens with one attached hydrogen (secondary N) is 1. The number of furan rings is 1. The molecule has 0 radical (unpaired) electrons. The highest BCUT2D eigenvalue weighted by Gasteiger charge is 2.18. The molecule has 0 fully saturated rings. The predicted octanol–water partition coefficient (Wildman–Crippen LogP) is 2.92. The van der Waals surface area contributed by atoms with Crippen molar-refractivity contribution in [1.82, 2.24) is 9.36 Å². The number of nitrogens with zero attached hydrogens (tertiary/aromatic N) is 3. The zero-order valence-electron chi connectivity index (χ0n) is 16.9. The number of hydrogen-bond acceptors (Lipinski definition) is 10. The number of rotatable bonds is 7. The van der Waals surface area contributed by atoms with Crippen molar-refractivity contribution >= 4 is 44.5 Å². The first-order valence-electron chi connectivity index (χ1n) is 9.05. The summed E-state index contributed by atoms with van der Waals surface area (Å²) in [6.45, 7) is 2.00. The molecule has 1 amide bonds. The van der Waals surface area contributed by atoms with Gasteiger partial charge >= 0.3 is 5.97 Å². The number of amides is 1. The van der Waals surface area contributed by atoms with Gasteiger partial charge in [-0.2, -0.15) is 14.6 Å². The van der Waals surface area contributed by atoms with Crippen LogP contribution in [0.5, 0.6) is 0 Å². The van der Waals surface area contributed by atoms with E-state index in [0.29, 0.717) is 28.4 Å². The van der Waals surface area contributed by atoms with E-state index in [0.717, 1.165) is 6.26 Å². The average Bonchev–Trinajstić information content (AvgIpc) is 3.42. The van der Waals surface area contributed by atoms with Gasteiger partial charge in [0, 0.05) is 29.4 Å². The summed E-state index contributed by atoms with van der Waals surface area (Å²) in [6.07, 6.45) is 2.18. The molecule has 12 heteroatoms. The summed E-state index contributed by atoms with van der Waals surface area (Å²) in [5.41, 5.74) is 0.809. The molecule has 0 saturated heterocycles. The van der Waals surface area contributed by atoms with Crippen LogP contribution in [0.1, 0.15) is 23.0 Å². The van der Waals surface area contributed by atoms with E-state index >= 15 is 0 Å². The Balaban J connectivity index is 1.75. The Morgan fingerprint density at radius 1 is 1.25 bits per heavy atom. The van der Waals surface area contributed by atoms with Crippen LogP contribution in [0, 0.1) is 11.3 Å². The maximum atomic E-state index is 12.3. The van der Waals surface area contributed by atoms with Crippen LogP contribution in [0.3, 0.4) is 0 Å². The van der Waals surface area contributed by atoms with Gasteiger partial charge in [0.15, 0.2) is 0 Å². The molecule has 3 aromatic rings. The Morgan fingerprint density at radius 2 is 1.97 bits per heavy atom. The van der Waals surface area contributed by atoms with Crippen LogP contribution in [-0.4, -0.2) is 42.5 Å². The maximum Gasteiger partial charge on any atom is 0.338 e. The molecule has 1 aromatic carbocycles. The molecule has 0 unspecified atom stereocenters. The predicted molar refractivity (Wildman–Crippen MR) is 115 cm³/mol. The molecule has 1 N–H and O–H groups in total. The number of aromatic nitrogens is 2. The van der Waals surface area contributed by atoms with Crippen LogP contribution in [0.2, 0.25) is 0 Å². The van der Waals surface area contributed by atoms with Gasteiger partial charge in [0.1, 0.15) is 23.2 Å². The molecule has 2 aromatic heterocycles. The second kappa shape index (κ2) is 9.54. The van der Waals surface area contributed by atoms with Gasteiger partial charge in [-0.15, -0.1) is 0 Å². The quantitative estimate of drug-likeness (QED) is 0.311. The first-order valence-corrected chi connectivity index (χ1v) is 11.7. The Labute approximate surface area is 187 Å². The van der Waals surface area contributed by atoms with Crippen molar-refractivity contribution in [3.8, 4) is 17.4 Å². The smallest absolute Gasteiger partial charge is 0.338 e. The highest BCUT2D eigenvalue weighted by Crippen LogP contribution is 2.24. The number of carbonyl (C=O) groups is 2. The lowest BCUT2D eigenvalue weighted by molar-refractivity contribution is -0.112. The van der Waals surface area contributed by atoms with Gasteiger partial charge in [-0.1, -0.05) is 12.1 Å². The number of nitriles is 1. The minimum absolute atomic E-state index is 0.0570. The van der Waals surface area contributed by atoms with Crippen molar-refractivity contribution in [2.45, 2.75) is 12.1 Å². The number of anilines is 1. The molecule has 32 heavy (non-hydrogen) atoms. The van der Waals surface area contributed by atoms with Crippen LogP contribution in [0.15, 0.2) is 51.5 Å². The third kappa shape index (κ3) is 5.45. The fourth-order valence-corrected chi connectivity index (χ4v) is 3.88. The fourth-order valence-electron chi connectivity index (χ4n) is 2.44. The maximum absolute atomic E-state index is 12.3. The van der Waals surface area contributed by atoms with E-state index in [9.17, 15) is 23.3 Å². The summed E-state index contributed by atoms with van der Waals surface area (Å²) < 4.78 is 37.1. The third-order valence-corrected chi connectivity index (χ3v) is 5.51. The minimum Gasteiger partial charge on any atom is -0.462 e. The van der Waals surface area contributed by atoms with Crippen LogP contribution in [0.25, 0.3) is 17.4 Å². The molecule has 0 spiro atoms. The molecule has 0 aliphatic rings. The summed E-state index contributed by atoms with van der Waals surface area (Å²) in [6, 6.07) is 11.6. The topological polar surface area (TPSA) is 152 Å². The summed E-state index contributed by atoms with van der Waals surface area (Å²) >= 11 is 0.681. The van der Waals surface area contributed by atoms with E-state index < -0.39 is 26.9 Å². The molecule has 0 aliphatic heterocycles. The lowest BCUT2D eigenvalue weighted by atomic mass is 10.1. The van der Waals surface area contributed by atoms with Gasteiger partial charge in [-0.25, -0.2) is 13.2 Å². The molecular formula is C20H16N4O6S2. The second-order valence-corrected chi connectivity index (χ2v) is 8.94. The number of esters is 1. The molecule has 3 rings (SSSR count). The van der Waals surface area contributed by atoms with Crippen LogP contribution in [-0.2, 0) is 19.4 Å². The number of hydrogen-bond donors (Lipinski definition) is 1. The summed E-state index contributed by atoms with van der Waals surface area (Å²) in [7, 11) is -3.61. The number of benzene rings is 1. The molecule has 0 saturated carbocycles. The largest absolute Gasteiger partial charge is 0.462 e. The summed E-state index contributed by atoms with van der Waals surface area (Å²) in [5.74, 6) is -0.507. The minimum atomic E-state index is -3.61. The van der Waals surface area contributed by atoms with Crippen molar-refractivity contribution in [2.24, 2.45) is 0 Å². The average molecular weight is 473 g/mol. The van der Waals surface area contributed by atoms with Gasteiger partial charge in [-0.3, -0.25) is 10.1 Å². The zero-order valence-corrected chi connectivity index (χ0v) is 18.5. The first-order chi connectivity index (χ1) is 15.2. The summed E-state index contributed by atoms with van der Waals surface area (Å²) in [4.78, 5) is 27.8. The highest BCUT2D eigenvalue weighted by atomic mass is 32.2. The Kier molecular flexibility index (Phi) is 6.82. The van der Waals surface area contributed by atoms with Gasteiger partial charge < -0.3 is 9.15 Å². The zero-order chi connectivity index (χ0) is 23.3. The molecule has 164 valence electrons. The molecule has 10 nitrogen and oxygen atoms in total. The van der Waals surface area contributed by atoms with Crippen molar-refractivity contribution in [1.29, 1.82) is 5.26 Å². The van der Waals surface area contributed by atoms with Crippen molar-refractivity contribution < 1.29 is 27.2 Å². The Hall–Kier alpha value is -3.82. The number of ether oxygens (including phenoxy) is 1. The van der Waals surface area contributed by atoms with Gasteiger partial charge in [-0.05, 0) is 31.2 Å². The molecule has 0 aliphatic carbocycles. The van der Waals surface area contributed by atoms with Crippen LogP contribution >= 0.6 is 11.5 Å². The Morgan fingerprint density at radius 3 is 2.56 bits per heavy atom. The van der Waals surface area contributed by atoms with Crippen molar-refractivity contribution in [2.75, 3.05) is 18.2 Å². The third-order valence-electron chi connectivity index (χ3n) is 3.92. The first kappa shape index (κ1) is 22.9. The molecule has 0 bridgehead atoms. The Bertz CT molecular complexity index is 1330. The van der Waals surface area contributed by atoms with Crippen molar-refractivity contribution in [3.05, 3.63) is 53.3 Å². The normalized spacial score (nSPS) is 11.6. The lowest BCUT2D eigenvalue weighted by Crippen LogP contribution is -2.13. The van der Waals surface area contributed by atoms with E-state index in [2.05, 4.69) is 14.7 Å². The van der Waals surface area contributed by atoms with E-state index in [4.69, 9.17) is 9.15 Å². The fraction of sp³-hybridized carbons (Fsp3) is 0.150. The lowest BCUT2D eigenvalue weighted by Gasteiger charge is -2.02. The van der Waals surface area contributed by atoms with E-state index in [1.807, 2.05) is 0 Å². The van der Waals surface area contributed by atoms with Gasteiger partial charge in [0.2, 0.25) is 15.0 Å². The van der Waals surface area contributed by atoms with Crippen LogP contribution < -0.4 is 5.32 Å². The van der Waals surface area contributed by atoms with Crippen LogP contribution in [0.4, 0.5) is 5.13 Å². The SMILES string of the molecule is CCOC(=O)c1ccc(-c2ccc(/C=C(/C#N)C(=O)Nc3nc(S(C)(=O)=O)ns3)o2)cc1. The van der Waals surface area contributed by atoms with Crippen molar-refractivity contribution in [3.63, 3.8) is 0 Å². The van der Waals surface area contributed by atoms with Gasteiger partial charge in [0.25, 0.3) is 11.1 Å². The monoisotopic (exact) mass is 472 g/mol. The molecule has 2 heterocycles. The standard InChI is InChI=1S/C20H16N4O6S2/c1-3-29-18(26)13-6-4-12(5-7-13)16-9-8-15(30-16)10-14(11-21)17(25)22-19-23-20(24-31-19)32(2,27)28/h4-10H,3H2,1-2H3,(H,22,23,24,25)/b14-10-. The number of sulfone groups is 1. The van der Waals surface area contributed by atoms with Gasteiger partial charge in [0.05, 0.1) is 12.2 Å². The van der Waals surface area contributed by atoms with E-state index in [1.54, 1.807) is 49.4 Å².